The standard InChI is InChI=1S/2C8H9O.6C4H9.2Sn/c2*1-7-5-3-4-6-8(7)9-2;6*1-3-4-2;;/h2*3-6H,1H2,2H3;6*1,3-4H2,2H3;;. The van der Waals surface area contributed by atoms with Gasteiger partial charge in [-0.1, -0.05) is 0 Å². The average Bonchev–Trinajstić information content (AvgIpc) is 3.06. The zero-order valence-electron chi connectivity index (χ0n) is 30.6. The van der Waals surface area contributed by atoms with E-state index >= 15 is 0 Å². The van der Waals surface area contributed by atoms with E-state index in [1.807, 2.05) is 14.2 Å². The molecule has 0 aliphatic heterocycles. The molecule has 44 heavy (non-hydrogen) atoms. The molecule has 0 fully saturated rings. The van der Waals surface area contributed by atoms with Gasteiger partial charge in [0.15, 0.2) is 0 Å². The van der Waals surface area contributed by atoms with E-state index in [4.69, 9.17) is 9.47 Å². The molecule has 0 saturated heterocycles. The molecule has 0 spiro atoms. The summed E-state index contributed by atoms with van der Waals surface area (Å²) in [5, 5.41) is 0. The van der Waals surface area contributed by atoms with Crippen LogP contribution in [0, 0.1) is 0 Å². The van der Waals surface area contributed by atoms with Crippen LogP contribution in [0.4, 0.5) is 0 Å². The van der Waals surface area contributed by atoms with E-state index in [1.165, 1.54) is 97.1 Å². The predicted molar refractivity (Wildman–Crippen MR) is 203 cm³/mol. The molecule has 4 heteroatoms. The Morgan fingerprint density at radius 3 is 0.886 bits per heavy atom. The van der Waals surface area contributed by atoms with Crippen LogP contribution >= 0.6 is 0 Å². The molecular weight excluding hydrogens is 750 g/mol. The van der Waals surface area contributed by atoms with Crippen LogP contribution in [0.5, 0.6) is 11.5 Å². The molecule has 2 rings (SSSR count). The monoisotopic (exact) mass is 824 g/mol. The second-order valence-corrected chi connectivity index (χ2v) is 41.3. The van der Waals surface area contributed by atoms with Gasteiger partial charge >= 0.3 is 286 Å². The van der Waals surface area contributed by atoms with Crippen molar-refractivity contribution in [3.05, 3.63) is 59.7 Å². The summed E-state index contributed by atoms with van der Waals surface area (Å²) >= 11 is -4.19. The third-order valence-electron chi connectivity index (χ3n) is 9.88. The topological polar surface area (TPSA) is 18.5 Å². The Balaban J connectivity index is 0.000000440. The molecule has 0 heterocycles. The first-order chi connectivity index (χ1) is 21.4. The van der Waals surface area contributed by atoms with Gasteiger partial charge in [0.2, 0.25) is 0 Å². The molecule has 252 valence electrons. The van der Waals surface area contributed by atoms with Gasteiger partial charge in [-0.2, -0.15) is 0 Å². The number of benzene rings is 2. The van der Waals surface area contributed by atoms with E-state index in [9.17, 15) is 0 Å². The van der Waals surface area contributed by atoms with Crippen LogP contribution in [0.1, 0.15) is 130 Å². The van der Waals surface area contributed by atoms with E-state index in [1.54, 1.807) is 26.6 Å². The second-order valence-electron chi connectivity index (χ2n) is 13.6. The minimum atomic E-state index is -2.10. The van der Waals surface area contributed by atoms with E-state index in [0.717, 1.165) is 11.5 Å². The van der Waals surface area contributed by atoms with Crippen LogP contribution in [-0.2, 0) is 8.87 Å². The average molecular weight is 822 g/mol. The summed E-state index contributed by atoms with van der Waals surface area (Å²) in [7, 11) is 3.64. The summed E-state index contributed by atoms with van der Waals surface area (Å²) in [6.45, 7) is 14.1. The number of rotatable bonds is 24. The normalized spacial score (nSPS) is 11.6. The fraction of sp³-hybridized carbons (Fsp3) is 0.700. The maximum atomic E-state index is 5.64. The fourth-order valence-corrected chi connectivity index (χ4v) is 39.6. The minimum absolute atomic E-state index is 1.12. The van der Waals surface area contributed by atoms with Crippen LogP contribution in [0.2, 0.25) is 26.6 Å². The first kappa shape index (κ1) is 41.7. The van der Waals surface area contributed by atoms with Gasteiger partial charge < -0.3 is 0 Å². The predicted octanol–water partition coefficient (Wildman–Crippen LogP) is 13.3. The SMILES string of the molecule is CCC[CH2][Sn]([CH2]CCC)([CH2]CCC)[CH2]c1ccccc1OC.CCC[CH2][Sn]([CH2]CCC)([CH2]CCC)[CH2]c1ccccc1OC. The van der Waals surface area contributed by atoms with Gasteiger partial charge in [0.05, 0.1) is 0 Å². The zero-order chi connectivity index (χ0) is 32.5. The zero-order valence-corrected chi connectivity index (χ0v) is 36.3. The summed E-state index contributed by atoms with van der Waals surface area (Å²) in [6, 6.07) is 17.5. The number of methoxy groups -OCH3 is 2. The van der Waals surface area contributed by atoms with Crippen LogP contribution in [-0.4, -0.2) is 51.0 Å². The van der Waals surface area contributed by atoms with Crippen molar-refractivity contribution in [3.8, 4) is 11.5 Å². The molecule has 0 atom stereocenters. The van der Waals surface area contributed by atoms with Crippen LogP contribution in [0.15, 0.2) is 48.5 Å². The molecule has 0 aromatic heterocycles. The van der Waals surface area contributed by atoms with Crippen molar-refractivity contribution in [2.75, 3.05) is 14.2 Å². The molecule has 2 aromatic rings. The summed E-state index contributed by atoms with van der Waals surface area (Å²) in [4.78, 5) is 0. The van der Waals surface area contributed by atoms with Gasteiger partial charge in [0.25, 0.3) is 0 Å². The number of ether oxygens (including phenoxy) is 2. The number of hydrogen-bond donors (Lipinski definition) is 0. The van der Waals surface area contributed by atoms with Crippen molar-refractivity contribution in [1.29, 1.82) is 0 Å². The molecule has 2 nitrogen and oxygen atoms in total. The first-order valence-corrected chi connectivity index (χ1v) is 34.8. The van der Waals surface area contributed by atoms with Crippen LogP contribution in [0.3, 0.4) is 0 Å². The van der Waals surface area contributed by atoms with Crippen LogP contribution < -0.4 is 9.47 Å². The Kier molecular flexibility index (Phi) is 24.3. The van der Waals surface area contributed by atoms with Crippen LogP contribution in [0.25, 0.3) is 0 Å². The molecule has 0 amide bonds. The van der Waals surface area contributed by atoms with Crippen molar-refractivity contribution >= 4 is 36.8 Å². The van der Waals surface area contributed by atoms with Crippen molar-refractivity contribution < 1.29 is 9.47 Å². The molecule has 2 aromatic carbocycles. The molecule has 0 N–H and O–H groups in total. The maximum absolute atomic E-state index is 5.64. The Labute approximate surface area is 283 Å². The van der Waals surface area contributed by atoms with E-state index in [2.05, 4.69) is 90.1 Å². The molecule has 0 bridgehead atoms. The van der Waals surface area contributed by atoms with E-state index < -0.39 is 36.8 Å². The molecule has 0 aliphatic rings. The van der Waals surface area contributed by atoms with Gasteiger partial charge in [-0.05, 0) is 0 Å². The summed E-state index contributed by atoms with van der Waals surface area (Å²) in [5.74, 6) is 2.24. The first-order valence-electron chi connectivity index (χ1n) is 18.7. The molecular formula is C40H72O2Sn2. The number of unbranched alkanes of at least 4 members (excludes halogenated alkanes) is 6. The Hall–Kier alpha value is -0.363. The molecule has 0 radical (unpaired) electrons. The number of hydrogen-bond acceptors (Lipinski definition) is 2. The van der Waals surface area contributed by atoms with Crippen molar-refractivity contribution in [2.24, 2.45) is 0 Å². The van der Waals surface area contributed by atoms with Crippen molar-refractivity contribution in [2.45, 2.75) is 154 Å². The van der Waals surface area contributed by atoms with Gasteiger partial charge in [0, 0.05) is 0 Å². The Morgan fingerprint density at radius 1 is 0.409 bits per heavy atom. The van der Waals surface area contributed by atoms with Gasteiger partial charge in [-0.25, -0.2) is 0 Å². The fourth-order valence-electron chi connectivity index (χ4n) is 7.10. The van der Waals surface area contributed by atoms with Gasteiger partial charge in [-0.3, -0.25) is 0 Å². The summed E-state index contributed by atoms with van der Waals surface area (Å²) in [6.07, 6.45) is 16.8. The van der Waals surface area contributed by atoms with Crippen molar-refractivity contribution in [3.63, 3.8) is 0 Å². The van der Waals surface area contributed by atoms with Gasteiger partial charge in [-0.15, -0.1) is 0 Å². The van der Waals surface area contributed by atoms with Gasteiger partial charge in [0.1, 0.15) is 0 Å². The number of para-hydroxylation sites is 2. The quantitative estimate of drug-likeness (QED) is 0.0982. The third-order valence-corrected chi connectivity index (χ3v) is 40.6. The summed E-state index contributed by atoms with van der Waals surface area (Å²) in [5.41, 5.74) is 2.98. The third kappa shape index (κ3) is 16.0. The molecule has 0 aliphatic carbocycles. The Morgan fingerprint density at radius 2 is 0.659 bits per heavy atom. The molecule has 0 saturated carbocycles. The van der Waals surface area contributed by atoms with E-state index in [-0.39, 0.29) is 0 Å². The van der Waals surface area contributed by atoms with E-state index in [0.29, 0.717) is 0 Å². The van der Waals surface area contributed by atoms with Crippen molar-refractivity contribution in [1.82, 2.24) is 0 Å². The second kappa shape index (κ2) is 25.7. The summed E-state index contributed by atoms with van der Waals surface area (Å²) < 4.78 is 23.5. The molecule has 0 unspecified atom stereocenters. The Bertz CT molecular complexity index is 839.